The van der Waals surface area contributed by atoms with Gasteiger partial charge in [-0.1, -0.05) is 19.9 Å². The summed E-state index contributed by atoms with van der Waals surface area (Å²) < 4.78 is 115. The third-order valence-corrected chi connectivity index (χ3v) is 6.13. The third-order valence-electron chi connectivity index (χ3n) is 3.39. The Balaban J connectivity index is 0. The van der Waals surface area contributed by atoms with Crippen molar-refractivity contribution in [3.63, 3.8) is 0 Å². The Hall–Kier alpha value is -1.39. The number of carbonyl (C=O) groups is 1. The van der Waals surface area contributed by atoms with Gasteiger partial charge in [-0.15, -0.1) is 0 Å². The Kier molecular flexibility index (Phi) is 12.3. The van der Waals surface area contributed by atoms with Crippen molar-refractivity contribution in [2.75, 3.05) is 33.8 Å². The predicted molar refractivity (Wildman–Crippen MR) is 100 cm³/mol. The minimum absolute atomic E-state index is 0.279. The molecule has 0 aromatic carbocycles. The molecule has 0 aliphatic heterocycles. The summed E-state index contributed by atoms with van der Waals surface area (Å²) in [7, 11) is -9.01. The molecule has 8 nitrogen and oxygen atoms in total. The largest absolute Gasteiger partial charge is 0.480 e. The van der Waals surface area contributed by atoms with Crippen molar-refractivity contribution in [1.29, 1.82) is 0 Å². The maximum absolute atomic E-state index is 11.4. The monoisotopic (exact) mass is 508 g/mol. The van der Waals surface area contributed by atoms with E-state index in [2.05, 4.69) is 27.6 Å². The third kappa shape index (κ3) is 12.9. The van der Waals surface area contributed by atoms with E-state index in [1.54, 1.807) is 6.92 Å². The van der Waals surface area contributed by atoms with E-state index in [0.29, 0.717) is 12.2 Å². The average molecular weight is 509 g/mol. The highest BCUT2D eigenvalue weighted by Crippen LogP contribution is 2.36. The summed E-state index contributed by atoms with van der Waals surface area (Å²) in [6.45, 7) is 10.1. The van der Waals surface area contributed by atoms with Gasteiger partial charge < -0.3 is 13.3 Å². The molecule has 0 amide bonds. The second-order valence-corrected chi connectivity index (χ2v) is 10.3. The topological polar surface area (TPSA) is 109 Å². The van der Waals surface area contributed by atoms with Crippen molar-refractivity contribution in [1.82, 2.24) is 0 Å². The van der Waals surface area contributed by atoms with Crippen LogP contribution in [0.4, 0.5) is 26.3 Å². The minimum atomic E-state index is -6.72. The van der Waals surface area contributed by atoms with Crippen LogP contribution >= 0.6 is 0 Å². The lowest BCUT2D eigenvalue weighted by atomic mass is 10.2. The number of rotatable bonds is 10. The van der Waals surface area contributed by atoms with Crippen molar-refractivity contribution in [2.24, 2.45) is 0 Å². The number of carbonyl (C=O) groups excluding carboxylic acids is 1. The fourth-order valence-electron chi connectivity index (χ4n) is 1.69. The molecule has 186 valence electrons. The molecule has 0 aromatic heterocycles. The number of quaternary nitrogens is 1. The van der Waals surface area contributed by atoms with Crippen LogP contribution in [0, 0.1) is 0 Å². The minimum Gasteiger partial charge on any atom is -0.462 e. The molecule has 0 fully saturated rings. The zero-order chi connectivity index (χ0) is 25.3. The molecular formula is C15H26F6N2O6S2. The van der Waals surface area contributed by atoms with Crippen molar-refractivity contribution in [3.05, 3.63) is 16.3 Å². The van der Waals surface area contributed by atoms with Crippen LogP contribution in [0.25, 0.3) is 4.13 Å². The van der Waals surface area contributed by atoms with Gasteiger partial charge in [-0.05, 0) is 13.3 Å². The first-order valence-corrected chi connectivity index (χ1v) is 11.5. The number of unbranched alkanes of at least 4 members (excludes halogenated alkanes) is 1. The molecule has 0 atom stereocenters. The Morgan fingerprint density at radius 2 is 1.32 bits per heavy atom. The van der Waals surface area contributed by atoms with E-state index in [0.717, 1.165) is 21.6 Å². The number of sulfonamides is 2. The van der Waals surface area contributed by atoms with Crippen LogP contribution in [0.2, 0.25) is 0 Å². The van der Waals surface area contributed by atoms with E-state index < -0.39 is 31.1 Å². The van der Waals surface area contributed by atoms with Gasteiger partial charge in [0.25, 0.3) is 0 Å². The summed E-state index contributed by atoms with van der Waals surface area (Å²) in [6.07, 6.45) is 3.39. The van der Waals surface area contributed by atoms with E-state index >= 15 is 0 Å². The van der Waals surface area contributed by atoms with Crippen molar-refractivity contribution < 1.29 is 57.2 Å². The smallest absolute Gasteiger partial charge is 0.462 e. The van der Waals surface area contributed by atoms with Gasteiger partial charge in [-0.2, -0.15) is 26.3 Å². The van der Waals surface area contributed by atoms with Gasteiger partial charge in [-0.3, -0.25) is 0 Å². The molecule has 0 N–H and O–H groups in total. The summed E-state index contributed by atoms with van der Waals surface area (Å²) in [6, 6.07) is 0. The number of hydrogen-bond donors (Lipinski definition) is 0. The summed E-state index contributed by atoms with van der Waals surface area (Å²) >= 11 is 0. The first kappa shape index (κ1) is 31.8. The summed E-state index contributed by atoms with van der Waals surface area (Å²) in [5.74, 6) is -0.279. The molecule has 0 spiro atoms. The van der Waals surface area contributed by atoms with E-state index in [-0.39, 0.29) is 5.97 Å². The van der Waals surface area contributed by atoms with Gasteiger partial charge in [0.1, 0.15) is 0 Å². The van der Waals surface area contributed by atoms with Gasteiger partial charge in [-0.25, -0.2) is 21.6 Å². The van der Waals surface area contributed by atoms with Crippen LogP contribution < -0.4 is 0 Å². The van der Waals surface area contributed by atoms with Crippen LogP contribution in [-0.2, 0) is 29.6 Å². The molecule has 0 saturated heterocycles. The number of ether oxygens (including phenoxy) is 1. The van der Waals surface area contributed by atoms with Gasteiger partial charge in [0, 0.05) is 12.0 Å². The van der Waals surface area contributed by atoms with Crippen LogP contribution in [0.3, 0.4) is 0 Å². The number of esters is 1. The number of halogens is 6. The maximum Gasteiger partial charge on any atom is 0.480 e. The van der Waals surface area contributed by atoms with E-state index in [1.165, 1.54) is 19.4 Å². The van der Waals surface area contributed by atoms with E-state index in [9.17, 15) is 48.0 Å². The van der Waals surface area contributed by atoms with Crippen molar-refractivity contribution in [2.45, 2.75) is 44.1 Å². The number of alkyl halides is 6. The molecule has 0 unspecified atom stereocenters. The van der Waals surface area contributed by atoms with Crippen molar-refractivity contribution >= 4 is 26.0 Å². The normalized spacial score (nSPS) is 13.2. The fourth-order valence-corrected chi connectivity index (χ4v) is 3.40. The van der Waals surface area contributed by atoms with Gasteiger partial charge in [0.05, 0.1) is 33.8 Å². The lowest BCUT2D eigenvalue weighted by molar-refractivity contribution is -0.890. The molecule has 0 saturated carbocycles. The maximum atomic E-state index is 11.4. The molecule has 0 bridgehead atoms. The summed E-state index contributed by atoms with van der Waals surface area (Å²) in [5, 5.41) is 0. The Morgan fingerprint density at radius 1 is 0.935 bits per heavy atom. The van der Waals surface area contributed by atoms with Gasteiger partial charge in [0.15, 0.2) is 20.0 Å². The first-order valence-electron chi connectivity index (χ1n) is 8.61. The quantitative estimate of drug-likeness (QED) is 0.147. The average Bonchev–Trinajstić information content (AvgIpc) is 2.54. The lowest BCUT2D eigenvalue weighted by Gasteiger charge is -2.29. The molecule has 0 aliphatic rings. The number of hydrogen-bond acceptors (Lipinski definition) is 6. The molecule has 0 radical (unpaired) electrons. The van der Waals surface area contributed by atoms with Crippen LogP contribution in [0.5, 0.6) is 0 Å². The zero-order valence-corrected chi connectivity index (χ0v) is 19.0. The summed E-state index contributed by atoms with van der Waals surface area (Å²) in [5.41, 5.74) is -11.9. The highest BCUT2D eigenvalue weighted by molar-refractivity contribution is 8.13. The second kappa shape index (κ2) is 12.0. The molecule has 16 heteroatoms. The Labute approximate surface area is 177 Å². The molecule has 0 aliphatic carbocycles. The molecule has 31 heavy (non-hydrogen) atoms. The highest BCUT2D eigenvalue weighted by Gasteiger charge is 2.46. The lowest BCUT2D eigenvalue weighted by Crippen LogP contribution is -2.41. The highest BCUT2D eigenvalue weighted by atomic mass is 32.3. The van der Waals surface area contributed by atoms with Gasteiger partial charge >= 0.3 is 17.0 Å². The van der Waals surface area contributed by atoms with Crippen molar-refractivity contribution in [3.8, 4) is 0 Å². The number of nitrogens with zero attached hydrogens (tertiary/aromatic N) is 2. The van der Waals surface area contributed by atoms with E-state index in [4.69, 9.17) is 4.74 Å². The predicted octanol–water partition coefficient (Wildman–Crippen LogP) is 3.43. The van der Waals surface area contributed by atoms with Crippen LogP contribution in [-0.4, -0.2) is 72.1 Å². The first-order chi connectivity index (χ1) is 13.6. The SMILES string of the molecule is C=C(C)C(=O)OCCC[N+](C)(C)CCCC.O=S(=O)([N-]S(=O)(=O)C(F)(F)F)C(F)(F)F. The van der Waals surface area contributed by atoms with E-state index in [1.807, 2.05) is 0 Å². The standard InChI is InChI=1S/C13H26NO2.C2F6NO4S2/c1-6-7-9-14(4,5)10-8-11-16-13(15)12(2)3;3-1(4,5)14(10,11)9-15(12,13)2(6,7)8/h2,6-11H2,1,3-5H3;/q+1;-1. The Bertz CT molecular complexity index is 763. The zero-order valence-electron chi connectivity index (χ0n) is 17.4. The second-order valence-electron chi connectivity index (χ2n) is 6.92. The molecule has 0 rings (SSSR count). The van der Waals surface area contributed by atoms with Gasteiger partial charge in [0.2, 0.25) is 0 Å². The van der Waals surface area contributed by atoms with Crippen LogP contribution in [0.15, 0.2) is 12.2 Å². The molecule has 0 heterocycles. The Morgan fingerprint density at radius 3 is 1.65 bits per heavy atom. The van der Waals surface area contributed by atoms with Crippen LogP contribution in [0.1, 0.15) is 33.1 Å². The molecular weight excluding hydrogens is 482 g/mol. The molecule has 0 aromatic rings. The fraction of sp³-hybridized carbons (Fsp3) is 0.800. The summed E-state index contributed by atoms with van der Waals surface area (Å²) in [4.78, 5) is 11.1.